The molecule has 0 radical (unpaired) electrons. The quantitative estimate of drug-likeness (QED) is 0.836. The number of fused-ring (bicyclic) bond motifs is 1. The summed E-state index contributed by atoms with van der Waals surface area (Å²) in [7, 11) is 0. The number of imidazole rings is 1. The van der Waals surface area contributed by atoms with Crippen molar-refractivity contribution in [2.45, 2.75) is 57.3 Å². The molecule has 2 aromatic rings. The molecule has 2 bridgehead atoms. The number of hydrogen-bond donors (Lipinski definition) is 2. The molecule has 0 aliphatic heterocycles. The minimum Gasteiger partial charge on any atom is -0.385 e. The summed E-state index contributed by atoms with van der Waals surface area (Å²) in [6, 6.07) is 0.983. The highest BCUT2D eigenvalue weighted by atomic mass is 19.4. The first-order valence-corrected chi connectivity index (χ1v) is 9.22. The topological polar surface area (TPSA) is 77.0 Å². The van der Waals surface area contributed by atoms with Gasteiger partial charge in [-0.1, -0.05) is 13.8 Å². The Kier molecular flexibility index (Phi) is 4.03. The molecule has 0 amide bonds. The summed E-state index contributed by atoms with van der Waals surface area (Å²) in [5.41, 5.74) is 5.01. The molecule has 3 aliphatic carbocycles. The number of pyridine rings is 1. The lowest BCUT2D eigenvalue weighted by molar-refractivity contribution is -0.137. The van der Waals surface area contributed by atoms with Crippen LogP contribution in [0.1, 0.15) is 57.0 Å². The maximum absolute atomic E-state index is 13.2. The molecule has 0 spiro atoms. The second-order valence-electron chi connectivity index (χ2n) is 8.24. The number of nitrogen functional groups attached to an aromatic ring is 1. The van der Waals surface area contributed by atoms with Crippen molar-refractivity contribution in [1.29, 1.82) is 0 Å². The summed E-state index contributed by atoms with van der Waals surface area (Å²) in [6.07, 6.45) is 1.95. The van der Waals surface area contributed by atoms with Crippen molar-refractivity contribution in [2.24, 2.45) is 11.8 Å². The highest BCUT2D eigenvalue weighted by Crippen LogP contribution is 2.58. The van der Waals surface area contributed by atoms with Crippen LogP contribution in [0.25, 0.3) is 11.3 Å². The van der Waals surface area contributed by atoms with Gasteiger partial charge >= 0.3 is 6.18 Å². The zero-order valence-electron chi connectivity index (χ0n) is 15.3. The van der Waals surface area contributed by atoms with E-state index in [9.17, 15) is 18.3 Å². The molecule has 5 rings (SSSR count). The Morgan fingerprint density at radius 2 is 2.04 bits per heavy atom. The van der Waals surface area contributed by atoms with Crippen molar-refractivity contribution in [3.8, 4) is 11.3 Å². The Hall–Kier alpha value is -2.09. The third-order valence-electron chi connectivity index (χ3n) is 6.02. The van der Waals surface area contributed by atoms with Crippen molar-refractivity contribution in [3.63, 3.8) is 0 Å². The van der Waals surface area contributed by atoms with Gasteiger partial charge in [-0.05, 0) is 43.6 Å². The lowest BCUT2D eigenvalue weighted by Crippen LogP contribution is -2.40. The Labute approximate surface area is 155 Å². The van der Waals surface area contributed by atoms with Gasteiger partial charge in [0.1, 0.15) is 17.7 Å². The average molecular weight is 380 g/mol. The number of nitrogens with two attached hydrogens (primary N) is 1. The van der Waals surface area contributed by atoms with Crippen molar-refractivity contribution < 1.29 is 18.3 Å². The van der Waals surface area contributed by atoms with Gasteiger partial charge in [0.15, 0.2) is 0 Å². The van der Waals surface area contributed by atoms with Crippen molar-refractivity contribution >= 4 is 5.82 Å². The maximum atomic E-state index is 13.2. The summed E-state index contributed by atoms with van der Waals surface area (Å²) < 4.78 is 41.6. The monoisotopic (exact) mass is 380 g/mol. The summed E-state index contributed by atoms with van der Waals surface area (Å²) >= 11 is 0. The second-order valence-corrected chi connectivity index (χ2v) is 8.24. The van der Waals surface area contributed by atoms with Gasteiger partial charge in [-0.15, -0.1) is 0 Å². The fourth-order valence-electron chi connectivity index (χ4n) is 4.48. The summed E-state index contributed by atoms with van der Waals surface area (Å²) in [5, 5.41) is 10.7. The van der Waals surface area contributed by atoms with Crippen molar-refractivity contribution in [3.05, 3.63) is 29.8 Å². The van der Waals surface area contributed by atoms with Crippen LogP contribution < -0.4 is 5.73 Å². The average Bonchev–Trinajstić information content (AvgIpc) is 3.26. The smallest absolute Gasteiger partial charge is 0.385 e. The number of aromatic nitrogens is 3. The van der Waals surface area contributed by atoms with E-state index < -0.39 is 23.7 Å². The number of nitrogens with zero attached hydrogens (tertiary/aromatic N) is 3. The SMILES string of the molecule is CC(C)C(O)c1nc(-c2cnc(N)c(C(F)(F)F)c2)cn1C12CCC(C1)C2. The molecule has 1 atom stereocenters. The number of anilines is 1. The van der Waals surface area contributed by atoms with Crippen LogP contribution >= 0.6 is 0 Å². The first-order valence-electron chi connectivity index (χ1n) is 9.22. The normalized spacial score (nSPS) is 25.7. The van der Waals surface area contributed by atoms with Crippen LogP contribution in [-0.2, 0) is 11.7 Å². The summed E-state index contributed by atoms with van der Waals surface area (Å²) in [6.45, 7) is 3.79. The van der Waals surface area contributed by atoms with Gasteiger partial charge in [0.25, 0.3) is 0 Å². The molecule has 2 aromatic heterocycles. The van der Waals surface area contributed by atoms with E-state index in [4.69, 9.17) is 5.73 Å². The first-order chi connectivity index (χ1) is 12.6. The van der Waals surface area contributed by atoms with Crippen LogP contribution in [0.4, 0.5) is 19.0 Å². The molecule has 3 aliphatic rings. The maximum Gasteiger partial charge on any atom is 0.419 e. The van der Waals surface area contributed by atoms with Crippen molar-refractivity contribution in [1.82, 2.24) is 14.5 Å². The number of aliphatic hydroxyl groups is 1. The minimum atomic E-state index is -4.58. The van der Waals surface area contributed by atoms with Crippen LogP contribution in [0, 0.1) is 11.8 Å². The Morgan fingerprint density at radius 3 is 2.59 bits per heavy atom. The lowest BCUT2D eigenvalue weighted by atomic mass is 9.76. The number of aliphatic hydroxyl groups excluding tert-OH is 1. The molecule has 146 valence electrons. The molecule has 3 saturated carbocycles. The molecule has 2 heterocycles. The van der Waals surface area contributed by atoms with E-state index in [-0.39, 0.29) is 17.0 Å². The molecule has 8 heteroatoms. The summed E-state index contributed by atoms with van der Waals surface area (Å²) in [4.78, 5) is 8.25. The molecule has 5 nitrogen and oxygen atoms in total. The number of hydrogen-bond acceptors (Lipinski definition) is 4. The van der Waals surface area contributed by atoms with E-state index >= 15 is 0 Å². The van der Waals surface area contributed by atoms with Gasteiger partial charge in [0.2, 0.25) is 0 Å². The van der Waals surface area contributed by atoms with E-state index in [1.165, 1.54) is 6.20 Å². The molecule has 3 fully saturated rings. The molecule has 27 heavy (non-hydrogen) atoms. The van der Waals surface area contributed by atoms with E-state index in [0.717, 1.165) is 31.7 Å². The molecular formula is C19H23F3N4O. The van der Waals surface area contributed by atoms with Crippen molar-refractivity contribution in [2.75, 3.05) is 5.73 Å². The van der Waals surface area contributed by atoms with Gasteiger partial charge in [-0.25, -0.2) is 9.97 Å². The van der Waals surface area contributed by atoms with E-state index in [1.807, 2.05) is 18.4 Å². The summed E-state index contributed by atoms with van der Waals surface area (Å²) in [5.74, 6) is 0.618. The molecule has 0 aromatic carbocycles. The molecule has 3 N–H and O–H groups in total. The van der Waals surface area contributed by atoms with E-state index in [2.05, 4.69) is 9.97 Å². The number of alkyl halides is 3. The lowest BCUT2D eigenvalue weighted by Gasteiger charge is -2.41. The van der Waals surface area contributed by atoms with Gasteiger partial charge in [-0.2, -0.15) is 13.2 Å². The standard InChI is InChI=1S/C19H23F3N4O/c1-10(2)15(27)17-25-14(9-26(17)18-4-3-11(6-18)7-18)12-5-13(19(20,21)22)16(23)24-8-12/h5,8-11,15,27H,3-4,6-7H2,1-2H3,(H2,23,24). The van der Waals surface area contributed by atoms with Gasteiger partial charge in [0, 0.05) is 23.5 Å². The first kappa shape index (κ1) is 18.3. The zero-order chi connectivity index (χ0) is 19.6. The van der Waals surface area contributed by atoms with Crippen LogP contribution in [0.2, 0.25) is 0 Å². The largest absolute Gasteiger partial charge is 0.419 e. The fraction of sp³-hybridized carbons (Fsp3) is 0.579. The minimum absolute atomic E-state index is 0.0528. The highest BCUT2D eigenvalue weighted by molar-refractivity contribution is 5.62. The Morgan fingerprint density at radius 1 is 1.33 bits per heavy atom. The second kappa shape index (κ2) is 5.95. The van der Waals surface area contributed by atoms with Gasteiger partial charge in [0.05, 0.1) is 11.3 Å². The van der Waals surface area contributed by atoms with Crippen LogP contribution in [0.15, 0.2) is 18.5 Å². The molecule has 0 saturated heterocycles. The predicted molar refractivity (Wildman–Crippen MR) is 94.6 cm³/mol. The van der Waals surface area contributed by atoms with Crippen LogP contribution in [-0.4, -0.2) is 19.6 Å². The Bertz CT molecular complexity index is 863. The zero-order valence-corrected chi connectivity index (χ0v) is 15.3. The third kappa shape index (κ3) is 2.90. The van der Waals surface area contributed by atoms with Crippen LogP contribution in [0.3, 0.4) is 0 Å². The van der Waals surface area contributed by atoms with Gasteiger partial charge < -0.3 is 15.4 Å². The Balaban J connectivity index is 1.81. The number of halogens is 3. The fourth-order valence-corrected chi connectivity index (χ4v) is 4.48. The van der Waals surface area contributed by atoms with Crippen LogP contribution in [0.5, 0.6) is 0 Å². The van der Waals surface area contributed by atoms with Gasteiger partial charge in [-0.3, -0.25) is 0 Å². The highest BCUT2D eigenvalue weighted by Gasteiger charge is 2.52. The van der Waals surface area contributed by atoms with E-state index in [1.54, 1.807) is 6.20 Å². The molecule has 1 unspecified atom stereocenters. The third-order valence-corrected chi connectivity index (χ3v) is 6.02. The molecular weight excluding hydrogens is 357 g/mol. The predicted octanol–water partition coefficient (Wildman–Crippen LogP) is 4.13. The van der Waals surface area contributed by atoms with E-state index in [0.29, 0.717) is 17.4 Å². The number of rotatable bonds is 4.